The quantitative estimate of drug-likeness (QED) is 0.278. The van der Waals surface area contributed by atoms with Gasteiger partial charge in [-0.3, -0.25) is 14.5 Å². The fourth-order valence-electron chi connectivity index (χ4n) is 5.00. The van der Waals surface area contributed by atoms with E-state index in [0.29, 0.717) is 20.6 Å². The van der Waals surface area contributed by atoms with E-state index < -0.39 is 0 Å². The lowest BCUT2D eigenvalue weighted by Crippen LogP contribution is -2.51. The van der Waals surface area contributed by atoms with Gasteiger partial charge in [-0.15, -0.1) is 0 Å². The molecule has 9 heteroatoms. The zero-order valence-electron chi connectivity index (χ0n) is 23.3. The molecule has 1 fully saturated rings. The van der Waals surface area contributed by atoms with Crippen LogP contribution < -0.4 is 4.90 Å². The summed E-state index contributed by atoms with van der Waals surface area (Å²) in [6.07, 6.45) is 2.94. The first-order chi connectivity index (χ1) is 19.0. The molecule has 0 aliphatic carbocycles. The van der Waals surface area contributed by atoms with E-state index >= 15 is 0 Å². The molecule has 1 aliphatic rings. The highest BCUT2D eigenvalue weighted by Crippen LogP contribution is 2.29. The van der Waals surface area contributed by atoms with Gasteiger partial charge in [0.1, 0.15) is 0 Å². The molecule has 3 aromatic rings. The van der Waals surface area contributed by atoms with Gasteiger partial charge in [0.25, 0.3) is 5.91 Å². The van der Waals surface area contributed by atoms with Gasteiger partial charge in [-0.1, -0.05) is 65.1 Å². The van der Waals surface area contributed by atoms with Crippen molar-refractivity contribution in [2.75, 3.05) is 52.7 Å². The highest BCUT2D eigenvalue weighted by Gasteiger charge is 2.29. The topological polar surface area (TPSA) is 47.1 Å². The second-order valence-corrected chi connectivity index (χ2v) is 11.7. The van der Waals surface area contributed by atoms with Crippen LogP contribution in [0.2, 0.25) is 15.1 Å². The number of nitrogens with zero attached hydrogens (tertiary/aromatic N) is 4. The maximum atomic E-state index is 13.4. The molecule has 212 valence electrons. The summed E-state index contributed by atoms with van der Waals surface area (Å²) in [5.41, 5.74) is 4.42. The standard InChI is InChI=1S/C31H35Cl3N4O2/c1-35(2)31(40)25-13-11-23(18-27(25)33)22-9-7-21(8-10-22)17-29(38-15-5-6-16-38)37(4)30(39)20-36(3)24-12-14-26(32)28(34)19-24/h7-14,18-19,29H,5-6,15-17,20H2,1-4H3. The highest BCUT2D eigenvalue weighted by molar-refractivity contribution is 6.42. The lowest BCUT2D eigenvalue weighted by Gasteiger charge is -2.36. The van der Waals surface area contributed by atoms with Crippen LogP contribution in [-0.4, -0.2) is 80.5 Å². The maximum Gasteiger partial charge on any atom is 0.254 e. The number of hydrogen-bond acceptors (Lipinski definition) is 4. The third-order valence-corrected chi connectivity index (χ3v) is 8.48. The predicted octanol–water partition coefficient (Wildman–Crippen LogP) is 6.57. The molecular formula is C31H35Cl3N4O2. The van der Waals surface area contributed by atoms with E-state index in [0.717, 1.165) is 54.7 Å². The number of likely N-dealkylation sites (tertiary alicyclic amines) is 1. The number of hydrogen-bond donors (Lipinski definition) is 0. The summed E-state index contributed by atoms with van der Waals surface area (Å²) in [4.78, 5) is 33.4. The van der Waals surface area contributed by atoms with E-state index in [1.807, 2.05) is 42.1 Å². The Morgan fingerprint density at radius 1 is 0.800 bits per heavy atom. The average molecular weight is 602 g/mol. The molecule has 0 radical (unpaired) electrons. The first kappa shape index (κ1) is 30.2. The zero-order valence-corrected chi connectivity index (χ0v) is 25.6. The third-order valence-electron chi connectivity index (χ3n) is 7.43. The SMILES string of the molecule is CN(C)C(=O)c1ccc(-c2ccc(CC(N3CCCC3)N(C)C(=O)CN(C)c3ccc(Cl)c(Cl)c3)cc2)cc1Cl. The average Bonchev–Trinajstić information content (AvgIpc) is 3.47. The predicted molar refractivity (Wildman–Crippen MR) is 166 cm³/mol. The van der Waals surface area contributed by atoms with Gasteiger partial charge in [0.2, 0.25) is 5.91 Å². The van der Waals surface area contributed by atoms with Crippen molar-refractivity contribution in [1.82, 2.24) is 14.7 Å². The van der Waals surface area contributed by atoms with Gasteiger partial charge in [0.15, 0.2) is 0 Å². The molecule has 0 aromatic heterocycles. The van der Waals surface area contributed by atoms with Crippen molar-refractivity contribution < 1.29 is 9.59 Å². The Morgan fingerprint density at radius 3 is 2.05 bits per heavy atom. The molecule has 4 rings (SSSR count). The molecule has 1 unspecified atom stereocenters. The fraction of sp³-hybridized carbons (Fsp3) is 0.355. The molecule has 0 spiro atoms. The van der Waals surface area contributed by atoms with Crippen LogP contribution in [0.3, 0.4) is 0 Å². The summed E-state index contributed by atoms with van der Waals surface area (Å²) < 4.78 is 0. The van der Waals surface area contributed by atoms with E-state index in [1.165, 1.54) is 4.90 Å². The van der Waals surface area contributed by atoms with Crippen molar-refractivity contribution in [3.63, 3.8) is 0 Å². The Kier molecular flexibility index (Phi) is 10.0. The van der Waals surface area contributed by atoms with Gasteiger partial charge >= 0.3 is 0 Å². The minimum Gasteiger partial charge on any atom is -0.365 e. The van der Waals surface area contributed by atoms with Crippen molar-refractivity contribution in [1.29, 1.82) is 0 Å². The molecule has 2 amide bonds. The van der Waals surface area contributed by atoms with E-state index in [1.54, 1.807) is 32.3 Å². The number of rotatable bonds is 9. The number of amides is 2. The van der Waals surface area contributed by atoms with Gasteiger partial charge in [-0.25, -0.2) is 0 Å². The summed E-state index contributed by atoms with van der Waals surface area (Å²) in [5, 5.41) is 1.38. The molecule has 0 N–H and O–H groups in total. The molecule has 1 heterocycles. The smallest absolute Gasteiger partial charge is 0.254 e. The Bertz CT molecular complexity index is 1360. The van der Waals surface area contributed by atoms with E-state index in [2.05, 4.69) is 29.2 Å². The normalized spacial score (nSPS) is 14.2. The molecule has 6 nitrogen and oxygen atoms in total. The van der Waals surface area contributed by atoms with Crippen LogP contribution in [0.15, 0.2) is 60.7 Å². The molecule has 1 saturated heterocycles. The van der Waals surface area contributed by atoms with Crippen LogP contribution in [0.4, 0.5) is 5.69 Å². The molecule has 3 aromatic carbocycles. The Labute approximate surface area is 252 Å². The number of likely N-dealkylation sites (N-methyl/N-ethyl adjacent to an activating group) is 2. The van der Waals surface area contributed by atoms with Crippen LogP contribution in [0.5, 0.6) is 0 Å². The Hall–Kier alpha value is -2.77. The van der Waals surface area contributed by atoms with Crippen molar-refractivity contribution in [2.45, 2.75) is 25.4 Å². The summed E-state index contributed by atoms with van der Waals surface area (Å²) in [5.74, 6) is -0.0919. The van der Waals surface area contributed by atoms with E-state index in [-0.39, 0.29) is 24.5 Å². The lowest BCUT2D eigenvalue weighted by molar-refractivity contribution is -0.133. The number of benzene rings is 3. The number of carbonyl (C=O) groups excluding carboxylic acids is 2. The van der Waals surface area contributed by atoms with Crippen molar-refractivity contribution in [3.05, 3.63) is 86.9 Å². The number of anilines is 1. The van der Waals surface area contributed by atoms with Crippen LogP contribution in [0.25, 0.3) is 11.1 Å². The molecule has 0 bridgehead atoms. The van der Waals surface area contributed by atoms with Crippen molar-refractivity contribution in [3.8, 4) is 11.1 Å². The first-order valence-corrected chi connectivity index (χ1v) is 14.4. The lowest BCUT2D eigenvalue weighted by atomic mass is 10.0. The molecule has 1 aliphatic heterocycles. The fourth-order valence-corrected chi connectivity index (χ4v) is 5.55. The van der Waals surface area contributed by atoms with E-state index in [9.17, 15) is 9.59 Å². The minimum absolute atomic E-state index is 0.0316. The number of carbonyl (C=O) groups is 2. The zero-order chi connectivity index (χ0) is 29.0. The largest absolute Gasteiger partial charge is 0.365 e. The molecule has 1 atom stereocenters. The second kappa shape index (κ2) is 13.3. The highest BCUT2D eigenvalue weighted by atomic mass is 35.5. The van der Waals surface area contributed by atoms with Gasteiger partial charge < -0.3 is 14.7 Å². The first-order valence-electron chi connectivity index (χ1n) is 13.3. The van der Waals surface area contributed by atoms with Crippen LogP contribution in [0, 0.1) is 0 Å². The molecule has 0 saturated carbocycles. The Morgan fingerprint density at radius 2 is 1.45 bits per heavy atom. The van der Waals surface area contributed by atoms with Crippen LogP contribution >= 0.6 is 34.8 Å². The van der Waals surface area contributed by atoms with Crippen LogP contribution in [-0.2, 0) is 11.2 Å². The summed E-state index contributed by atoms with van der Waals surface area (Å²) in [6, 6.07) is 19.2. The van der Waals surface area contributed by atoms with Crippen LogP contribution in [0.1, 0.15) is 28.8 Å². The minimum atomic E-state index is -0.123. The summed E-state index contributed by atoms with van der Waals surface area (Å²) in [6.45, 7) is 2.17. The molecular weight excluding hydrogens is 567 g/mol. The molecule has 40 heavy (non-hydrogen) atoms. The summed E-state index contributed by atoms with van der Waals surface area (Å²) >= 11 is 18.7. The van der Waals surface area contributed by atoms with E-state index in [4.69, 9.17) is 34.8 Å². The maximum absolute atomic E-state index is 13.4. The van der Waals surface area contributed by atoms with Gasteiger partial charge in [0, 0.05) is 53.4 Å². The van der Waals surface area contributed by atoms with Crippen molar-refractivity contribution in [2.24, 2.45) is 0 Å². The van der Waals surface area contributed by atoms with Crippen molar-refractivity contribution >= 4 is 52.3 Å². The summed E-state index contributed by atoms with van der Waals surface area (Å²) in [7, 11) is 7.18. The van der Waals surface area contributed by atoms with Gasteiger partial charge in [-0.2, -0.15) is 0 Å². The van der Waals surface area contributed by atoms with Gasteiger partial charge in [-0.05, 0) is 59.9 Å². The second-order valence-electron chi connectivity index (χ2n) is 10.5. The number of halogens is 3. The third kappa shape index (κ3) is 7.10. The van der Waals surface area contributed by atoms with Gasteiger partial charge in [0.05, 0.1) is 33.3 Å². The Balaban J connectivity index is 1.47. The monoisotopic (exact) mass is 600 g/mol.